The van der Waals surface area contributed by atoms with Crippen molar-refractivity contribution >= 4 is 29.7 Å². The number of esters is 3. The van der Waals surface area contributed by atoms with Gasteiger partial charge in [-0.2, -0.15) is 0 Å². The molecule has 2 aromatic rings. The second-order valence-electron chi connectivity index (χ2n) is 8.71. The third-order valence-corrected chi connectivity index (χ3v) is 5.94. The number of hydrogen-bond donors (Lipinski definition) is 1. The predicted octanol–water partition coefficient (Wildman–Crippen LogP) is 5.12. The number of carbonyl (C=O) groups is 3. The van der Waals surface area contributed by atoms with Crippen LogP contribution in [-0.2, 0) is 23.8 Å². The molecule has 2 aromatic carbocycles. The standard InChI is InChI=1S/C30H34O9S/c1-18(2)27(31)36-13-12-35-25-16-21(8-10-23(25)30(34)38-15-14-37-28(32)19(3)4)22-9-11-24(26(17-22)40-7)39-29(33)20(5)6/h8-11,16-17,29,33H,1,3,5,12-15H2,2,4,6-7H3. The van der Waals surface area contributed by atoms with Crippen molar-refractivity contribution in [3.63, 3.8) is 0 Å². The number of aliphatic hydroxyl groups excluding tert-OH is 1. The van der Waals surface area contributed by atoms with Gasteiger partial charge >= 0.3 is 17.9 Å². The van der Waals surface area contributed by atoms with Gasteiger partial charge in [0.1, 0.15) is 43.5 Å². The van der Waals surface area contributed by atoms with Crippen molar-refractivity contribution < 1.29 is 43.2 Å². The van der Waals surface area contributed by atoms with Crippen LogP contribution < -0.4 is 9.47 Å². The Morgan fingerprint density at radius 1 is 0.800 bits per heavy atom. The van der Waals surface area contributed by atoms with Crippen LogP contribution >= 0.6 is 11.8 Å². The molecule has 2 rings (SSSR count). The minimum atomic E-state index is -1.13. The molecule has 9 nitrogen and oxygen atoms in total. The van der Waals surface area contributed by atoms with Crippen LogP contribution in [0.4, 0.5) is 0 Å². The molecule has 0 fully saturated rings. The van der Waals surface area contributed by atoms with Crippen molar-refractivity contribution in [1.82, 2.24) is 0 Å². The van der Waals surface area contributed by atoms with Gasteiger partial charge in [-0.3, -0.25) is 0 Å². The highest BCUT2D eigenvalue weighted by Crippen LogP contribution is 2.35. The van der Waals surface area contributed by atoms with E-state index >= 15 is 0 Å². The Kier molecular flexibility index (Phi) is 12.5. The molecule has 0 spiro atoms. The lowest BCUT2D eigenvalue weighted by atomic mass is 10.0. The molecule has 0 saturated heterocycles. The molecule has 1 unspecified atom stereocenters. The van der Waals surface area contributed by atoms with Crippen LogP contribution in [0, 0.1) is 0 Å². The highest BCUT2D eigenvalue weighted by Gasteiger charge is 2.18. The Hall–Kier alpha value is -4.02. The molecular weight excluding hydrogens is 536 g/mol. The normalized spacial score (nSPS) is 11.1. The SMILES string of the molecule is C=C(C)C(=O)OCCOC(=O)c1ccc(-c2ccc(OC(O)C(=C)C)c(SC)c2)cc1OCCOC(=O)C(=C)C. The third-order valence-electron chi connectivity index (χ3n) is 5.18. The minimum absolute atomic E-state index is 0.0272. The maximum Gasteiger partial charge on any atom is 0.342 e. The van der Waals surface area contributed by atoms with Gasteiger partial charge in [0.2, 0.25) is 6.29 Å². The Balaban J connectivity index is 2.27. The van der Waals surface area contributed by atoms with E-state index in [1.165, 1.54) is 25.6 Å². The Morgan fingerprint density at radius 2 is 1.35 bits per heavy atom. The van der Waals surface area contributed by atoms with Gasteiger partial charge in [-0.05, 0) is 68.0 Å². The monoisotopic (exact) mass is 570 g/mol. The van der Waals surface area contributed by atoms with Crippen LogP contribution in [0.15, 0.2) is 77.7 Å². The molecule has 0 aliphatic carbocycles. The highest BCUT2D eigenvalue weighted by atomic mass is 32.2. The number of carbonyl (C=O) groups excluding carboxylic acids is 3. The maximum atomic E-state index is 12.8. The van der Waals surface area contributed by atoms with E-state index in [-0.39, 0.29) is 48.9 Å². The number of thioether (sulfide) groups is 1. The molecule has 0 heterocycles. The van der Waals surface area contributed by atoms with E-state index in [1.54, 1.807) is 31.2 Å². The van der Waals surface area contributed by atoms with Crippen LogP contribution in [0.5, 0.6) is 11.5 Å². The molecule has 1 atom stereocenters. The molecule has 0 aliphatic heterocycles. The molecule has 40 heavy (non-hydrogen) atoms. The van der Waals surface area contributed by atoms with Crippen molar-refractivity contribution in [3.05, 3.63) is 78.4 Å². The third kappa shape index (κ3) is 9.62. The smallest absolute Gasteiger partial charge is 0.342 e. The number of hydrogen-bond acceptors (Lipinski definition) is 10. The topological polar surface area (TPSA) is 118 Å². The summed E-state index contributed by atoms with van der Waals surface area (Å²) < 4.78 is 26.7. The van der Waals surface area contributed by atoms with E-state index < -0.39 is 24.2 Å². The average molecular weight is 571 g/mol. The first-order valence-corrected chi connectivity index (χ1v) is 13.4. The lowest BCUT2D eigenvalue weighted by molar-refractivity contribution is -0.140. The van der Waals surface area contributed by atoms with Crippen LogP contribution in [0.3, 0.4) is 0 Å². The molecule has 0 radical (unpaired) electrons. The Morgan fingerprint density at radius 3 is 1.93 bits per heavy atom. The molecule has 0 amide bonds. The molecule has 0 aliphatic rings. The fourth-order valence-corrected chi connectivity index (χ4v) is 3.60. The van der Waals surface area contributed by atoms with E-state index in [0.717, 1.165) is 16.0 Å². The van der Waals surface area contributed by atoms with Gasteiger partial charge in [-0.15, -0.1) is 11.8 Å². The van der Waals surface area contributed by atoms with Crippen LogP contribution in [0.1, 0.15) is 31.1 Å². The molecule has 214 valence electrons. The molecule has 0 bridgehead atoms. The summed E-state index contributed by atoms with van der Waals surface area (Å²) >= 11 is 1.44. The summed E-state index contributed by atoms with van der Waals surface area (Å²) in [5.41, 5.74) is 2.63. The van der Waals surface area contributed by atoms with Gasteiger partial charge in [0.05, 0.1) is 0 Å². The van der Waals surface area contributed by atoms with Crippen molar-refractivity contribution in [2.75, 3.05) is 32.7 Å². The van der Waals surface area contributed by atoms with E-state index in [9.17, 15) is 19.5 Å². The summed E-state index contributed by atoms with van der Waals surface area (Å²) in [6, 6.07) is 10.4. The van der Waals surface area contributed by atoms with Crippen LogP contribution in [0.2, 0.25) is 0 Å². The lowest BCUT2D eigenvalue weighted by Gasteiger charge is -2.17. The zero-order valence-electron chi connectivity index (χ0n) is 23.1. The first-order valence-electron chi connectivity index (χ1n) is 12.2. The first-order chi connectivity index (χ1) is 18.9. The van der Waals surface area contributed by atoms with Crippen molar-refractivity contribution in [1.29, 1.82) is 0 Å². The lowest BCUT2D eigenvalue weighted by Crippen LogP contribution is -2.16. The first kappa shape index (κ1) is 32.2. The van der Waals surface area contributed by atoms with Gasteiger partial charge in [-0.1, -0.05) is 31.9 Å². The average Bonchev–Trinajstić information content (AvgIpc) is 2.92. The second-order valence-corrected chi connectivity index (χ2v) is 9.56. The molecule has 1 N–H and O–H groups in total. The fourth-order valence-electron chi connectivity index (χ4n) is 3.03. The highest BCUT2D eigenvalue weighted by molar-refractivity contribution is 7.98. The van der Waals surface area contributed by atoms with E-state index in [2.05, 4.69) is 19.7 Å². The summed E-state index contributed by atoms with van der Waals surface area (Å²) in [5, 5.41) is 10.0. The molecular formula is C30H34O9S. The zero-order chi connectivity index (χ0) is 29.8. The van der Waals surface area contributed by atoms with Gasteiger partial charge in [0.25, 0.3) is 0 Å². The minimum Gasteiger partial charge on any atom is -0.489 e. The van der Waals surface area contributed by atoms with Gasteiger partial charge in [-0.25, -0.2) is 14.4 Å². The quantitative estimate of drug-likeness (QED) is 0.0588. The molecule has 0 aromatic heterocycles. The summed E-state index contributed by atoms with van der Waals surface area (Å²) in [7, 11) is 0. The van der Waals surface area contributed by atoms with E-state index in [1.807, 2.05) is 18.4 Å². The number of rotatable bonds is 15. The Bertz CT molecular complexity index is 1280. The van der Waals surface area contributed by atoms with Crippen molar-refractivity contribution in [3.8, 4) is 22.6 Å². The van der Waals surface area contributed by atoms with Crippen LogP contribution in [-0.4, -0.2) is 62.0 Å². The van der Waals surface area contributed by atoms with E-state index in [4.69, 9.17) is 23.7 Å². The fraction of sp³-hybridized carbons (Fsp3) is 0.300. The number of benzene rings is 2. The number of aliphatic hydroxyl groups is 1. The molecule has 0 saturated carbocycles. The Labute approximate surface area is 238 Å². The summed E-state index contributed by atoms with van der Waals surface area (Å²) in [6.07, 6.45) is 0.748. The summed E-state index contributed by atoms with van der Waals surface area (Å²) in [5.74, 6) is -1.12. The second kappa shape index (κ2) is 15.5. The van der Waals surface area contributed by atoms with Gasteiger partial charge < -0.3 is 28.8 Å². The zero-order valence-corrected chi connectivity index (χ0v) is 23.9. The van der Waals surface area contributed by atoms with Gasteiger partial charge in [0.15, 0.2) is 0 Å². The van der Waals surface area contributed by atoms with Crippen molar-refractivity contribution in [2.24, 2.45) is 0 Å². The maximum absolute atomic E-state index is 12.8. The number of ether oxygens (including phenoxy) is 5. The van der Waals surface area contributed by atoms with Crippen molar-refractivity contribution in [2.45, 2.75) is 32.0 Å². The predicted molar refractivity (Wildman–Crippen MR) is 152 cm³/mol. The van der Waals surface area contributed by atoms with Gasteiger partial charge in [0, 0.05) is 16.0 Å². The summed E-state index contributed by atoms with van der Waals surface area (Å²) in [4.78, 5) is 36.8. The van der Waals surface area contributed by atoms with E-state index in [0.29, 0.717) is 11.3 Å². The molecule has 10 heteroatoms. The van der Waals surface area contributed by atoms with Crippen LogP contribution in [0.25, 0.3) is 11.1 Å². The summed E-state index contributed by atoms with van der Waals surface area (Å²) in [6.45, 7) is 15.1. The largest absolute Gasteiger partial charge is 0.489 e.